The number of para-hydroxylation sites is 1. The van der Waals surface area contributed by atoms with Gasteiger partial charge in [-0.05, 0) is 30.0 Å². The summed E-state index contributed by atoms with van der Waals surface area (Å²) in [6.45, 7) is 2.01. The monoisotopic (exact) mass is 370 g/mol. The minimum Gasteiger partial charge on any atom is -0.421 e. The van der Waals surface area contributed by atoms with E-state index in [2.05, 4.69) is 20.5 Å². The van der Waals surface area contributed by atoms with Gasteiger partial charge in [-0.25, -0.2) is 4.98 Å². The fourth-order valence-corrected chi connectivity index (χ4v) is 3.99. The largest absolute Gasteiger partial charge is 0.421 e. The number of fused-ring (bicyclic) bond motifs is 1. The van der Waals surface area contributed by atoms with E-state index in [0.717, 1.165) is 21.3 Å². The number of anilines is 1. The summed E-state index contributed by atoms with van der Waals surface area (Å²) in [5.41, 5.74) is 2.93. The topological polar surface area (TPSA) is 80.9 Å². The number of nitrogens with zero attached hydrogens (tertiary/aromatic N) is 3. The van der Waals surface area contributed by atoms with Crippen LogP contribution in [0.4, 0.5) is 5.13 Å². The summed E-state index contributed by atoms with van der Waals surface area (Å²) < 4.78 is 6.65. The van der Waals surface area contributed by atoms with Gasteiger partial charge in [0.05, 0.1) is 10.2 Å². The fraction of sp³-hybridized carbons (Fsp3) is 0.176. The third kappa shape index (κ3) is 3.45. The SMILES string of the molecule is Cc1cccc2sc(NC(=O)CCc3nnc(-c4ccsc4)o3)nc12. The van der Waals surface area contributed by atoms with E-state index in [9.17, 15) is 4.79 Å². The number of aryl methyl sites for hydroxylation is 2. The Balaban J connectivity index is 1.38. The van der Waals surface area contributed by atoms with E-state index in [0.29, 0.717) is 23.3 Å². The first-order valence-corrected chi connectivity index (χ1v) is 9.46. The molecule has 0 unspecified atom stereocenters. The molecule has 1 N–H and O–H groups in total. The molecule has 126 valence electrons. The Labute approximate surface area is 151 Å². The van der Waals surface area contributed by atoms with Crippen LogP contribution < -0.4 is 5.32 Å². The molecule has 0 fully saturated rings. The highest BCUT2D eigenvalue weighted by Gasteiger charge is 2.13. The zero-order valence-electron chi connectivity index (χ0n) is 13.4. The lowest BCUT2D eigenvalue weighted by Gasteiger charge is -1.99. The first-order valence-electron chi connectivity index (χ1n) is 7.70. The summed E-state index contributed by atoms with van der Waals surface area (Å²) >= 11 is 3.04. The van der Waals surface area contributed by atoms with Crippen molar-refractivity contribution in [1.82, 2.24) is 15.2 Å². The average molecular weight is 370 g/mol. The van der Waals surface area contributed by atoms with Crippen LogP contribution >= 0.6 is 22.7 Å². The smallest absolute Gasteiger partial charge is 0.248 e. The summed E-state index contributed by atoms with van der Waals surface area (Å²) in [5, 5.41) is 15.3. The number of carbonyl (C=O) groups excluding carboxylic acids is 1. The number of hydrogen-bond donors (Lipinski definition) is 1. The summed E-state index contributed by atoms with van der Waals surface area (Å²) in [6, 6.07) is 7.92. The Morgan fingerprint density at radius 1 is 1.28 bits per heavy atom. The van der Waals surface area contributed by atoms with E-state index < -0.39 is 0 Å². The van der Waals surface area contributed by atoms with Gasteiger partial charge in [-0.3, -0.25) is 4.79 Å². The molecule has 0 aliphatic rings. The van der Waals surface area contributed by atoms with Gasteiger partial charge in [0, 0.05) is 23.8 Å². The summed E-state index contributed by atoms with van der Waals surface area (Å²) in [5.74, 6) is 0.821. The fourth-order valence-electron chi connectivity index (χ4n) is 2.40. The van der Waals surface area contributed by atoms with E-state index in [4.69, 9.17) is 4.42 Å². The van der Waals surface area contributed by atoms with Crippen molar-refractivity contribution in [3.63, 3.8) is 0 Å². The molecule has 0 atom stereocenters. The number of nitrogens with one attached hydrogen (secondary N) is 1. The summed E-state index contributed by atoms with van der Waals surface area (Å²) in [4.78, 5) is 16.6. The van der Waals surface area contributed by atoms with Crippen LogP contribution in [-0.4, -0.2) is 21.1 Å². The van der Waals surface area contributed by atoms with Crippen molar-refractivity contribution in [2.45, 2.75) is 19.8 Å². The molecule has 25 heavy (non-hydrogen) atoms. The molecule has 0 saturated heterocycles. The highest BCUT2D eigenvalue weighted by Crippen LogP contribution is 2.28. The van der Waals surface area contributed by atoms with E-state index in [1.807, 2.05) is 41.9 Å². The second-order valence-corrected chi connectivity index (χ2v) is 7.31. The maximum atomic E-state index is 12.2. The molecule has 0 spiro atoms. The third-order valence-electron chi connectivity index (χ3n) is 3.67. The number of thiophene rings is 1. The number of aromatic nitrogens is 3. The third-order valence-corrected chi connectivity index (χ3v) is 5.29. The Morgan fingerprint density at radius 3 is 3.00 bits per heavy atom. The van der Waals surface area contributed by atoms with Crippen LogP contribution in [0.2, 0.25) is 0 Å². The van der Waals surface area contributed by atoms with Crippen LogP contribution in [0.1, 0.15) is 17.9 Å². The van der Waals surface area contributed by atoms with Crippen LogP contribution in [0.15, 0.2) is 39.4 Å². The van der Waals surface area contributed by atoms with Gasteiger partial charge in [-0.2, -0.15) is 11.3 Å². The second kappa shape index (κ2) is 6.73. The molecule has 4 rings (SSSR count). The van der Waals surface area contributed by atoms with Gasteiger partial charge in [0.1, 0.15) is 0 Å². The van der Waals surface area contributed by atoms with Crippen LogP contribution in [0.25, 0.3) is 21.7 Å². The lowest BCUT2D eigenvalue weighted by Crippen LogP contribution is -2.12. The van der Waals surface area contributed by atoms with Crippen molar-refractivity contribution in [2.75, 3.05) is 5.32 Å². The van der Waals surface area contributed by atoms with E-state index in [-0.39, 0.29) is 12.3 Å². The molecule has 6 nitrogen and oxygen atoms in total. The number of hydrogen-bond acceptors (Lipinski definition) is 7. The Kier molecular flexibility index (Phi) is 4.29. The number of rotatable bonds is 5. The highest BCUT2D eigenvalue weighted by molar-refractivity contribution is 7.22. The molecular weight excluding hydrogens is 356 g/mol. The minimum absolute atomic E-state index is 0.119. The van der Waals surface area contributed by atoms with Gasteiger partial charge in [-0.15, -0.1) is 10.2 Å². The molecule has 3 heterocycles. The van der Waals surface area contributed by atoms with Crippen LogP contribution in [0.5, 0.6) is 0 Å². The zero-order chi connectivity index (χ0) is 17.2. The summed E-state index contributed by atoms with van der Waals surface area (Å²) in [6.07, 6.45) is 0.660. The molecule has 0 saturated carbocycles. The van der Waals surface area contributed by atoms with Crippen molar-refractivity contribution >= 4 is 43.9 Å². The molecule has 8 heteroatoms. The quantitative estimate of drug-likeness (QED) is 0.567. The predicted octanol–water partition coefficient (Wildman–Crippen LogP) is 4.29. The first-order chi connectivity index (χ1) is 12.2. The maximum absolute atomic E-state index is 12.2. The van der Waals surface area contributed by atoms with E-state index >= 15 is 0 Å². The van der Waals surface area contributed by atoms with Gasteiger partial charge in [0.2, 0.25) is 17.7 Å². The Hall–Kier alpha value is -2.58. The molecular formula is C17H14N4O2S2. The van der Waals surface area contributed by atoms with Gasteiger partial charge >= 0.3 is 0 Å². The number of benzene rings is 1. The molecule has 0 bridgehead atoms. The average Bonchev–Trinajstić information content (AvgIpc) is 3.33. The van der Waals surface area contributed by atoms with E-state index in [1.165, 1.54) is 11.3 Å². The number of amides is 1. The van der Waals surface area contributed by atoms with Gasteiger partial charge < -0.3 is 9.73 Å². The van der Waals surface area contributed by atoms with Gasteiger partial charge in [0.25, 0.3) is 0 Å². The Bertz CT molecular complexity index is 1020. The van der Waals surface area contributed by atoms with Crippen LogP contribution in [-0.2, 0) is 11.2 Å². The first kappa shape index (κ1) is 15.9. The predicted molar refractivity (Wildman–Crippen MR) is 98.9 cm³/mol. The standard InChI is InChI=1S/C17H14N4O2S2/c1-10-3-2-4-12-15(10)19-17(25-12)18-13(22)5-6-14-20-21-16(23-14)11-7-8-24-9-11/h2-4,7-9H,5-6H2,1H3,(H,18,19,22). The normalized spacial score (nSPS) is 11.1. The zero-order valence-corrected chi connectivity index (χ0v) is 15.0. The second-order valence-electron chi connectivity index (χ2n) is 5.50. The van der Waals surface area contributed by atoms with Crippen molar-refractivity contribution in [3.8, 4) is 11.5 Å². The van der Waals surface area contributed by atoms with Crippen molar-refractivity contribution < 1.29 is 9.21 Å². The van der Waals surface area contributed by atoms with Gasteiger partial charge in [-0.1, -0.05) is 23.5 Å². The lowest BCUT2D eigenvalue weighted by atomic mass is 10.2. The van der Waals surface area contributed by atoms with Crippen LogP contribution in [0.3, 0.4) is 0 Å². The van der Waals surface area contributed by atoms with Crippen molar-refractivity contribution in [2.24, 2.45) is 0 Å². The molecule has 1 amide bonds. The number of thiazole rings is 1. The maximum Gasteiger partial charge on any atom is 0.248 e. The van der Waals surface area contributed by atoms with Crippen LogP contribution in [0, 0.1) is 6.92 Å². The molecule has 4 aromatic rings. The summed E-state index contributed by atoms with van der Waals surface area (Å²) in [7, 11) is 0. The minimum atomic E-state index is -0.119. The molecule has 0 aliphatic carbocycles. The lowest BCUT2D eigenvalue weighted by molar-refractivity contribution is -0.116. The van der Waals surface area contributed by atoms with Crippen molar-refractivity contribution in [3.05, 3.63) is 46.5 Å². The molecule has 1 aromatic carbocycles. The van der Waals surface area contributed by atoms with Crippen molar-refractivity contribution in [1.29, 1.82) is 0 Å². The molecule has 3 aromatic heterocycles. The highest BCUT2D eigenvalue weighted by atomic mass is 32.1. The molecule has 0 radical (unpaired) electrons. The van der Waals surface area contributed by atoms with Gasteiger partial charge in [0.15, 0.2) is 5.13 Å². The Morgan fingerprint density at radius 2 is 2.20 bits per heavy atom. The van der Waals surface area contributed by atoms with E-state index in [1.54, 1.807) is 11.3 Å². The number of carbonyl (C=O) groups is 1. The molecule has 0 aliphatic heterocycles.